The van der Waals surface area contributed by atoms with Crippen LogP contribution in [0.4, 0.5) is 11.4 Å². The fourth-order valence-corrected chi connectivity index (χ4v) is 3.08. The smallest absolute Gasteiger partial charge is 0.271 e. The van der Waals surface area contributed by atoms with Crippen LogP contribution in [0.15, 0.2) is 42.0 Å². The first-order valence-electron chi connectivity index (χ1n) is 7.48. The number of hydrogen-bond acceptors (Lipinski definition) is 6. The minimum Gasteiger partial charge on any atom is -0.493 e. The van der Waals surface area contributed by atoms with Crippen molar-refractivity contribution in [1.82, 2.24) is 0 Å². The van der Waals surface area contributed by atoms with Crippen LogP contribution in [-0.2, 0) is 4.79 Å². The maximum Gasteiger partial charge on any atom is 0.271 e. The summed E-state index contributed by atoms with van der Waals surface area (Å²) in [5, 5.41) is 22.6. The molecule has 0 aliphatic rings. The molecule has 0 spiro atoms. The summed E-state index contributed by atoms with van der Waals surface area (Å²) < 4.78 is 11.3. The van der Waals surface area contributed by atoms with E-state index in [-0.39, 0.29) is 16.9 Å². The van der Waals surface area contributed by atoms with Crippen LogP contribution in [-0.4, -0.2) is 25.1 Å². The summed E-state index contributed by atoms with van der Waals surface area (Å²) >= 11 is 2.06. The van der Waals surface area contributed by atoms with Crippen LogP contribution < -0.4 is 14.8 Å². The van der Waals surface area contributed by atoms with Gasteiger partial charge >= 0.3 is 0 Å². The number of hydrogen-bond donors (Lipinski definition) is 1. The highest BCUT2D eigenvalue weighted by Crippen LogP contribution is 2.34. The lowest BCUT2D eigenvalue weighted by Gasteiger charge is -2.11. The van der Waals surface area contributed by atoms with Crippen molar-refractivity contribution in [2.45, 2.75) is 0 Å². The van der Waals surface area contributed by atoms with E-state index in [2.05, 4.69) is 27.9 Å². The lowest BCUT2D eigenvalue weighted by molar-refractivity contribution is -0.384. The van der Waals surface area contributed by atoms with Gasteiger partial charge in [-0.25, -0.2) is 0 Å². The van der Waals surface area contributed by atoms with Crippen LogP contribution >= 0.6 is 22.6 Å². The molecule has 8 nitrogen and oxygen atoms in total. The molecule has 1 amide bonds. The summed E-state index contributed by atoms with van der Waals surface area (Å²) in [6.45, 7) is 0. The third-order valence-corrected chi connectivity index (χ3v) is 4.25. The van der Waals surface area contributed by atoms with Crippen molar-refractivity contribution < 1.29 is 19.2 Å². The Balaban J connectivity index is 2.32. The van der Waals surface area contributed by atoms with E-state index in [9.17, 15) is 20.2 Å². The van der Waals surface area contributed by atoms with Crippen molar-refractivity contribution in [2.75, 3.05) is 19.5 Å². The topological polar surface area (TPSA) is 114 Å². The number of anilines is 1. The second kappa shape index (κ2) is 9.00. The summed E-state index contributed by atoms with van der Waals surface area (Å²) in [5.74, 6) is 0.338. The minimum absolute atomic E-state index is 0.162. The summed E-state index contributed by atoms with van der Waals surface area (Å²) in [4.78, 5) is 22.6. The summed E-state index contributed by atoms with van der Waals surface area (Å²) in [7, 11) is 3.00. The molecule has 0 aliphatic heterocycles. The number of ether oxygens (including phenoxy) is 2. The van der Waals surface area contributed by atoms with Gasteiger partial charge in [-0.15, -0.1) is 0 Å². The molecular formula is C18H14IN3O5. The first kappa shape index (κ1) is 20.2. The molecule has 0 saturated carbocycles. The van der Waals surface area contributed by atoms with E-state index in [0.717, 1.165) is 3.57 Å². The molecule has 2 rings (SSSR count). The van der Waals surface area contributed by atoms with Crippen LogP contribution in [0.1, 0.15) is 5.56 Å². The van der Waals surface area contributed by atoms with Gasteiger partial charge in [0.1, 0.15) is 11.6 Å². The van der Waals surface area contributed by atoms with Crippen LogP contribution in [0.2, 0.25) is 0 Å². The summed E-state index contributed by atoms with van der Waals surface area (Å²) in [6.07, 6.45) is 1.40. The van der Waals surface area contributed by atoms with Crippen molar-refractivity contribution in [3.8, 4) is 17.6 Å². The van der Waals surface area contributed by atoms with Gasteiger partial charge in [-0.3, -0.25) is 14.9 Å². The molecule has 0 aliphatic carbocycles. The SMILES string of the molecule is COc1cc(/C=C(\C#N)C(=O)Nc2cccc([N+](=O)[O-])c2)cc(I)c1OC. The average Bonchev–Trinajstić information content (AvgIpc) is 2.65. The maximum absolute atomic E-state index is 12.4. The minimum atomic E-state index is -0.678. The van der Waals surface area contributed by atoms with Crippen molar-refractivity contribution in [2.24, 2.45) is 0 Å². The highest BCUT2D eigenvalue weighted by atomic mass is 127. The van der Waals surface area contributed by atoms with E-state index in [1.807, 2.05) is 6.07 Å². The van der Waals surface area contributed by atoms with Gasteiger partial charge in [0.2, 0.25) is 0 Å². The predicted molar refractivity (Wildman–Crippen MR) is 108 cm³/mol. The molecule has 27 heavy (non-hydrogen) atoms. The molecule has 0 unspecified atom stereocenters. The summed E-state index contributed by atoms with van der Waals surface area (Å²) in [6, 6.07) is 10.7. The second-order valence-corrected chi connectivity index (χ2v) is 6.33. The van der Waals surface area contributed by atoms with Gasteiger partial charge in [-0.1, -0.05) is 6.07 Å². The number of nitro benzene ring substituents is 1. The average molecular weight is 479 g/mol. The van der Waals surface area contributed by atoms with Gasteiger partial charge in [0.15, 0.2) is 11.5 Å². The van der Waals surface area contributed by atoms with Crippen LogP contribution in [0, 0.1) is 25.0 Å². The van der Waals surface area contributed by atoms with Crippen molar-refractivity contribution >= 4 is 45.9 Å². The van der Waals surface area contributed by atoms with E-state index in [0.29, 0.717) is 17.1 Å². The number of non-ortho nitro benzene ring substituents is 1. The quantitative estimate of drug-likeness (QED) is 0.222. The van der Waals surface area contributed by atoms with E-state index in [1.54, 1.807) is 12.1 Å². The first-order valence-corrected chi connectivity index (χ1v) is 8.56. The predicted octanol–water partition coefficient (Wildman–Crippen LogP) is 3.76. The molecule has 0 aromatic heterocycles. The lowest BCUT2D eigenvalue weighted by atomic mass is 10.1. The van der Waals surface area contributed by atoms with Gasteiger partial charge < -0.3 is 14.8 Å². The molecule has 0 radical (unpaired) electrons. The fraction of sp³-hybridized carbons (Fsp3) is 0.111. The van der Waals surface area contributed by atoms with E-state index in [1.165, 1.54) is 44.6 Å². The third kappa shape index (κ3) is 4.95. The molecule has 138 valence electrons. The standard InChI is InChI=1S/C18H14IN3O5/c1-26-16-8-11(7-15(19)17(16)27-2)6-12(10-20)18(23)21-13-4-3-5-14(9-13)22(24)25/h3-9H,1-2H3,(H,21,23)/b12-6+. The van der Waals surface area contributed by atoms with Gasteiger partial charge in [-0.2, -0.15) is 5.26 Å². The lowest BCUT2D eigenvalue weighted by Crippen LogP contribution is -2.13. The number of carbonyl (C=O) groups excluding carboxylic acids is 1. The monoisotopic (exact) mass is 479 g/mol. The molecule has 0 heterocycles. The van der Waals surface area contributed by atoms with Crippen molar-refractivity contribution in [3.05, 3.63) is 61.2 Å². The molecular weight excluding hydrogens is 465 g/mol. The Morgan fingerprint density at radius 1 is 1.30 bits per heavy atom. The van der Waals surface area contributed by atoms with Crippen molar-refractivity contribution in [3.63, 3.8) is 0 Å². The Labute approximate surface area is 168 Å². The van der Waals surface area contributed by atoms with Gasteiger partial charge in [-0.05, 0) is 52.4 Å². The zero-order valence-electron chi connectivity index (χ0n) is 14.4. The Morgan fingerprint density at radius 3 is 2.63 bits per heavy atom. The van der Waals surface area contributed by atoms with Crippen LogP contribution in [0.25, 0.3) is 6.08 Å². The molecule has 0 saturated heterocycles. The molecule has 2 aromatic carbocycles. The third-order valence-electron chi connectivity index (χ3n) is 3.45. The molecule has 2 aromatic rings. The Morgan fingerprint density at radius 2 is 2.04 bits per heavy atom. The van der Waals surface area contributed by atoms with Gasteiger partial charge in [0.05, 0.1) is 22.7 Å². The molecule has 0 bridgehead atoms. The summed E-state index contributed by atoms with van der Waals surface area (Å²) in [5.41, 5.74) is 0.467. The number of benzene rings is 2. The van der Waals surface area contributed by atoms with Crippen LogP contribution in [0.3, 0.4) is 0 Å². The van der Waals surface area contributed by atoms with E-state index in [4.69, 9.17) is 9.47 Å². The van der Waals surface area contributed by atoms with Crippen LogP contribution in [0.5, 0.6) is 11.5 Å². The molecule has 0 fully saturated rings. The number of carbonyl (C=O) groups is 1. The number of nitro groups is 1. The highest BCUT2D eigenvalue weighted by molar-refractivity contribution is 14.1. The Kier molecular flexibility index (Phi) is 6.73. The number of nitrogens with zero attached hydrogens (tertiary/aromatic N) is 2. The van der Waals surface area contributed by atoms with E-state index < -0.39 is 10.8 Å². The zero-order chi connectivity index (χ0) is 20.0. The van der Waals surface area contributed by atoms with Crippen molar-refractivity contribution in [1.29, 1.82) is 5.26 Å². The molecule has 0 atom stereocenters. The van der Waals surface area contributed by atoms with Gasteiger partial charge in [0, 0.05) is 17.8 Å². The Hall–Kier alpha value is -3.13. The molecule has 9 heteroatoms. The number of nitriles is 1. The van der Waals surface area contributed by atoms with E-state index >= 15 is 0 Å². The second-order valence-electron chi connectivity index (χ2n) is 5.17. The zero-order valence-corrected chi connectivity index (χ0v) is 16.5. The fourth-order valence-electron chi connectivity index (χ4n) is 2.23. The Bertz CT molecular complexity index is 966. The molecule has 1 N–H and O–H groups in total. The highest BCUT2D eigenvalue weighted by Gasteiger charge is 2.14. The first-order chi connectivity index (χ1) is 12.9. The van der Waals surface area contributed by atoms with Gasteiger partial charge in [0.25, 0.3) is 11.6 Å². The number of halogens is 1. The number of amides is 1. The number of nitrogens with one attached hydrogen (secondary N) is 1. The number of rotatable bonds is 6. The maximum atomic E-state index is 12.4. The number of methoxy groups -OCH3 is 2. The largest absolute Gasteiger partial charge is 0.493 e. The normalized spacial score (nSPS) is 10.7.